The van der Waals surface area contributed by atoms with Crippen molar-refractivity contribution in [1.82, 2.24) is 9.97 Å². The summed E-state index contributed by atoms with van der Waals surface area (Å²) >= 11 is 0. The molecule has 0 N–H and O–H groups in total. The van der Waals surface area contributed by atoms with Gasteiger partial charge in [0.15, 0.2) is 0 Å². The van der Waals surface area contributed by atoms with E-state index in [-0.39, 0.29) is 33.2 Å². The number of hydrogen-bond acceptors (Lipinski definition) is 5. The monoisotopic (exact) mass is 713 g/mol. The standard InChI is InChI=1S/C34H23BN2O3.Pt/c1-34(2,3)22-18-30-32-31(19-22)39-28-14-12-21(33-37-26-9-4-5-10-29(26)40-33)17-24(28)35(32)23-16-20(11-13-27(23)38-30)25-8-6-7-15-36-25;/h4-15,18-19H,1-3H3;/q-2;+2. The number of nitrogens with zero attached hydrogens (tertiary/aromatic N) is 2. The van der Waals surface area contributed by atoms with Crippen molar-refractivity contribution in [2.45, 2.75) is 26.2 Å². The number of hydrogen-bond donors (Lipinski definition) is 0. The smallest absolute Gasteiger partial charge is 0.503 e. The molecule has 2 aliphatic heterocycles. The van der Waals surface area contributed by atoms with Gasteiger partial charge in [0, 0.05) is 23.2 Å². The number of oxazole rings is 1. The molecular formula is C34H23BN2O3Pt. The molecule has 0 bridgehead atoms. The van der Waals surface area contributed by atoms with Crippen molar-refractivity contribution in [1.29, 1.82) is 0 Å². The van der Waals surface area contributed by atoms with Gasteiger partial charge in [-0.15, -0.1) is 52.9 Å². The molecule has 0 fully saturated rings. The van der Waals surface area contributed by atoms with E-state index in [2.05, 4.69) is 50.0 Å². The summed E-state index contributed by atoms with van der Waals surface area (Å²) in [5.74, 6) is 3.63. The Labute approximate surface area is 252 Å². The Morgan fingerprint density at radius 1 is 0.732 bits per heavy atom. The first kappa shape index (κ1) is 25.8. The second-order valence-corrected chi connectivity index (χ2v) is 11.3. The molecule has 0 amide bonds. The first-order valence-electron chi connectivity index (χ1n) is 13.4. The Kier molecular flexibility index (Phi) is 5.95. The van der Waals surface area contributed by atoms with Crippen LogP contribution in [0.3, 0.4) is 0 Å². The van der Waals surface area contributed by atoms with Crippen molar-refractivity contribution in [2.24, 2.45) is 0 Å². The van der Waals surface area contributed by atoms with Gasteiger partial charge < -0.3 is 18.9 Å². The number of para-hydroxylation sites is 2. The van der Waals surface area contributed by atoms with E-state index >= 15 is 0 Å². The molecule has 0 radical (unpaired) electrons. The van der Waals surface area contributed by atoms with Gasteiger partial charge >= 0.3 is 21.1 Å². The summed E-state index contributed by atoms with van der Waals surface area (Å²) in [4.78, 5) is 9.27. The molecule has 0 saturated heterocycles. The van der Waals surface area contributed by atoms with Crippen LogP contribution in [0.15, 0.2) is 89.5 Å². The van der Waals surface area contributed by atoms with Crippen molar-refractivity contribution in [3.8, 4) is 45.7 Å². The Bertz CT molecular complexity index is 1910. The maximum absolute atomic E-state index is 6.55. The largest absolute Gasteiger partial charge is 2.00 e. The summed E-state index contributed by atoms with van der Waals surface area (Å²) in [6.45, 7) is 6.39. The summed E-state index contributed by atoms with van der Waals surface area (Å²) in [7, 11) is 0. The van der Waals surface area contributed by atoms with Crippen LogP contribution in [0.1, 0.15) is 26.3 Å². The maximum Gasteiger partial charge on any atom is 2.00 e. The zero-order valence-electron chi connectivity index (χ0n) is 22.6. The van der Waals surface area contributed by atoms with Gasteiger partial charge in [-0.2, -0.15) is 0 Å². The van der Waals surface area contributed by atoms with Crippen LogP contribution < -0.4 is 25.9 Å². The van der Waals surface area contributed by atoms with E-state index in [1.165, 1.54) is 0 Å². The van der Waals surface area contributed by atoms with Crippen LogP contribution in [-0.2, 0) is 26.5 Å². The fraction of sp³-hybridized carbons (Fsp3) is 0.118. The zero-order valence-corrected chi connectivity index (χ0v) is 24.9. The summed E-state index contributed by atoms with van der Waals surface area (Å²) in [5, 5.41) is 0. The second kappa shape index (κ2) is 9.46. The van der Waals surface area contributed by atoms with Gasteiger partial charge in [0.2, 0.25) is 6.71 Å². The Morgan fingerprint density at radius 2 is 1.39 bits per heavy atom. The number of aromatic nitrogens is 2. The van der Waals surface area contributed by atoms with Crippen LogP contribution in [0, 0.1) is 12.1 Å². The Morgan fingerprint density at radius 3 is 2.05 bits per heavy atom. The van der Waals surface area contributed by atoms with Crippen molar-refractivity contribution in [3.63, 3.8) is 0 Å². The van der Waals surface area contributed by atoms with E-state index in [0.29, 0.717) is 5.89 Å². The van der Waals surface area contributed by atoms with Crippen molar-refractivity contribution >= 4 is 34.2 Å². The fourth-order valence-corrected chi connectivity index (χ4v) is 5.54. The SMILES string of the molecule is CC(C)(C)c1cc2c3c(c1)Oc1ccc(-c4nc5ccccc5o4)[c-]c1B3c1[c-]c(-c3ccccn3)ccc1O2.[Pt+2]. The van der Waals surface area contributed by atoms with Crippen LogP contribution in [-0.4, -0.2) is 16.7 Å². The quantitative estimate of drug-likeness (QED) is 0.158. The summed E-state index contributed by atoms with van der Waals surface area (Å²) < 4.78 is 19.2. The maximum atomic E-state index is 6.55. The molecule has 0 aliphatic carbocycles. The number of benzene rings is 4. The van der Waals surface area contributed by atoms with Crippen molar-refractivity contribution in [2.75, 3.05) is 0 Å². The average Bonchev–Trinajstić information content (AvgIpc) is 3.41. The predicted molar refractivity (Wildman–Crippen MR) is 157 cm³/mol. The summed E-state index contributed by atoms with van der Waals surface area (Å²) in [6.07, 6.45) is 1.80. The molecule has 2 aromatic heterocycles. The molecule has 41 heavy (non-hydrogen) atoms. The Hall–Kier alpha value is -4.15. The average molecular weight is 713 g/mol. The van der Waals surface area contributed by atoms with Gasteiger partial charge in [-0.05, 0) is 47.0 Å². The molecule has 8 rings (SSSR count). The van der Waals surface area contributed by atoms with Gasteiger partial charge in [0.25, 0.3) is 0 Å². The summed E-state index contributed by atoms with van der Waals surface area (Å²) in [6, 6.07) is 33.2. The van der Waals surface area contributed by atoms with Gasteiger partial charge in [-0.25, -0.2) is 0 Å². The summed E-state index contributed by atoms with van der Waals surface area (Å²) in [5.41, 5.74) is 7.96. The van der Waals surface area contributed by atoms with Gasteiger partial charge in [0.1, 0.15) is 23.0 Å². The molecule has 0 saturated carbocycles. The van der Waals surface area contributed by atoms with E-state index < -0.39 is 0 Å². The molecule has 5 nitrogen and oxygen atoms in total. The predicted octanol–water partition coefficient (Wildman–Crippen LogP) is 6.18. The molecule has 200 valence electrons. The number of ether oxygens (including phenoxy) is 2. The van der Waals surface area contributed by atoms with Crippen molar-refractivity contribution < 1.29 is 35.0 Å². The van der Waals surface area contributed by atoms with E-state index in [1.54, 1.807) is 6.20 Å². The molecule has 0 atom stereocenters. The molecule has 6 aromatic rings. The first-order chi connectivity index (χ1) is 19.4. The minimum absolute atomic E-state index is 0. The molecule has 0 unspecified atom stereocenters. The van der Waals surface area contributed by atoms with E-state index in [1.807, 2.05) is 66.7 Å². The third-order valence-corrected chi connectivity index (χ3v) is 7.61. The van der Waals surface area contributed by atoms with Crippen LogP contribution >= 0.6 is 0 Å². The van der Waals surface area contributed by atoms with Crippen LogP contribution in [0.4, 0.5) is 0 Å². The van der Waals surface area contributed by atoms with Crippen LogP contribution in [0.25, 0.3) is 33.8 Å². The van der Waals surface area contributed by atoms with Crippen LogP contribution in [0.2, 0.25) is 0 Å². The number of fused-ring (bicyclic) bond motifs is 5. The molecule has 0 spiro atoms. The number of rotatable bonds is 2. The second-order valence-electron chi connectivity index (χ2n) is 11.3. The fourth-order valence-electron chi connectivity index (χ4n) is 5.54. The van der Waals surface area contributed by atoms with Gasteiger partial charge in [0.05, 0.1) is 5.52 Å². The molecule has 4 heterocycles. The number of pyridine rings is 1. The van der Waals surface area contributed by atoms with Gasteiger partial charge in [-0.3, -0.25) is 4.98 Å². The normalized spacial score (nSPS) is 12.9. The molecule has 2 aliphatic rings. The van der Waals surface area contributed by atoms with E-state index in [9.17, 15) is 0 Å². The Balaban J connectivity index is 0.00000276. The van der Waals surface area contributed by atoms with E-state index in [4.69, 9.17) is 18.9 Å². The van der Waals surface area contributed by atoms with Crippen LogP contribution in [0.5, 0.6) is 23.0 Å². The third kappa shape index (κ3) is 4.20. The van der Waals surface area contributed by atoms with Crippen molar-refractivity contribution in [3.05, 3.63) is 103 Å². The minimum atomic E-state index is -0.195. The zero-order chi connectivity index (χ0) is 27.0. The minimum Gasteiger partial charge on any atom is -0.503 e. The molecule has 7 heteroatoms. The topological polar surface area (TPSA) is 57.4 Å². The first-order valence-corrected chi connectivity index (χ1v) is 13.4. The van der Waals surface area contributed by atoms with E-state index in [0.717, 1.165) is 72.9 Å². The molecular weight excluding hydrogens is 690 g/mol. The van der Waals surface area contributed by atoms with Gasteiger partial charge in [-0.1, -0.05) is 50.6 Å². The molecule has 4 aromatic carbocycles. The third-order valence-electron chi connectivity index (χ3n) is 7.61.